The standard InChI is InChI=1S/C12H7FN2O/c13-10-2-1-3-11(6-10)16-12-8-15-5-4-9(12)7-14/h1-6,8H. The van der Waals surface area contributed by atoms with Gasteiger partial charge in [0.25, 0.3) is 0 Å². The van der Waals surface area contributed by atoms with Gasteiger partial charge >= 0.3 is 0 Å². The van der Waals surface area contributed by atoms with Crippen molar-refractivity contribution in [3.63, 3.8) is 0 Å². The maximum absolute atomic E-state index is 12.9. The van der Waals surface area contributed by atoms with Crippen molar-refractivity contribution in [2.75, 3.05) is 0 Å². The van der Waals surface area contributed by atoms with E-state index in [1.54, 1.807) is 6.07 Å². The van der Waals surface area contributed by atoms with E-state index in [4.69, 9.17) is 10.00 Å². The minimum Gasteiger partial charge on any atom is -0.454 e. The van der Waals surface area contributed by atoms with Gasteiger partial charge in [0.05, 0.1) is 11.8 Å². The maximum Gasteiger partial charge on any atom is 0.163 e. The fourth-order valence-corrected chi connectivity index (χ4v) is 1.21. The van der Waals surface area contributed by atoms with E-state index in [1.165, 1.54) is 36.7 Å². The second kappa shape index (κ2) is 4.41. The Kier molecular flexibility index (Phi) is 2.79. The number of rotatable bonds is 2. The third-order valence-corrected chi connectivity index (χ3v) is 1.93. The molecule has 0 amide bonds. The predicted molar refractivity (Wildman–Crippen MR) is 55.4 cm³/mol. The number of nitrogens with zero attached hydrogens (tertiary/aromatic N) is 2. The Morgan fingerprint density at radius 2 is 2.19 bits per heavy atom. The van der Waals surface area contributed by atoms with Crippen LogP contribution < -0.4 is 4.74 Å². The summed E-state index contributed by atoms with van der Waals surface area (Å²) in [6, 6.07) is 9.22. The molecule has 0 saturated heterocycles. The highest BCUT2D eigenvalue weighted by atomic mass is 19.1. The van der Waals surface area contributed by atoms with Gasteiger partial charge in [-0.1, -0.05) is 6.07 Å². The van der Waals surface area contributed by atoms with Crippen LogP contribution >= 0.6 is 0 Å². The Balaban J connectivity index is 2.31. The van der Waals surface area contributed by atoms with Gasteiger partial charge in [-0.25, -0.2) is 4.39 Å². The number of benzene rings is 1. The van der Waals surface area contributed by atoms with Gasteiger partial charge in [-0.3, -0.25) is 4.98 Å². The number of nitriles is 1. The topological polar surface area (TPSA) is 45.9 Å². The highest BCUT2D eigenvalue weighted by molar-refractivity contribution is 5.42. The van der Waals surface area contributed by atoms with Crippen molar-refractivity contribution in [2.45, 2.75) is 0 Å². The largest absolute Gasteiger partial charge is 0.454 e. The molecule has 0 N–H and O–H groups in total. The molecule has 0 aliphatic rings. The first-order chi connectivity index (χ1) is 7.79. The molecule has 0 atom stereocenters. The van der Waals surface area contributed by atoms with Crippen LogP contribution in [0.5, 0.6) is 11.5 Å². The summed E-state index contributed by atoms with van der Waals surface area (Å²) in [5.41, 5.74) is 0.360. The van der Waals surface area contributed by atoms with Crippen LogP contribution in [0.1, 0.15) is 5.56 Å². The van der Waals surface area contributed by atoms with Crippen LogP contribution in [0.15, 0.2) is 42.7 Å². The van der Waals surface area contributed by atoms with Crippen LogP contribution in [0.3, 0.4) is 0 Å². The van der Waals surface area contributed by atoms with Crippen LogP contribution in [0.25, 0.3) is 0 Å². The van der Waals surface area contributed by atoms with Crippen molar-refractivity contribution in [3.8, 4) is 17.6 Å². The fraction of sp³-hybridized carbons (Fsp3) is 0. The Morgan fingerprint density at radius 1 is 1.31 bits per heavy atom. The average molecular weight is 214 g/mol. The van der Waals surface area contributed by atoms with Crippen molar-refractivity contribution in [3.05, 3.63) is 54.1 Å². The fourth-order valence-electron chi connectivity index (χ4n) is 1.21. The maximum atomic E-state index is 12.9. The summed E-state index contributed by atoms with van der Waals surface area (Å²) in [5, 5.41) is 8.82. The van der Waals surface area contributed by atoms with E-state index in [-0.39, 0.29) is 5.82 Å². The number of ether oxygens (including phenoxy) is 1. The second-order valence-corrected chi connectivity index (χ2v) is 3.04. The van der Waals surface area contributed by atoms with Crippen LogP contribution in [-0.4, -0.2) is 4.98 Å². The van der Waals surface area contributed by atoms with Crippen molar-refractivity contribution in [1.29, 1.82) is 5.26 Å². The molecule has 0 unspecified atom stereocenters. The number of aromatic nitrogens is 1. The molecule has 0 fully saturated rings. The molecule has 0 aliphatic carbocycles. The van der Waals surface area contributed by atoms with E-state index in [0.717, 1.165) is 0 Å². The molecule has 0 bridgehead atoms. The van der Waals surface area contributed by atoms with Crippen molar-refractivity contribution < 1.29 is 9.13 Å². The summed E-state index contributed by atoms with van der Waals surface area (Å²) < 4.78 is 18.2. The Morgan fingerprint density at radius 3 is 2.94 bits per heavy atom. The first-order valence-electron chi connectivity index (χ1n) is 4.57. The minimum atomic E-state index is -0.389. The van der Waals surface area contributed by atoms with E-state index in [0.29, 0.717) is 17.1 Å². The molecule has 2 aromatic rings. The molecule has 16 heavy (non-hydrogen) atoms. The zero-order valence-electron chi connectivity index (χ0n) is 8.22. The van der Waals surface area contributed by atoms with E-state index in [9.17, 15) is 4.39 Å². The normalized spacial score (nSPS) is 9.50. The summed E-state index contributed by atoms with van der Waals surface area (Å²) in [6.07, 6.45) is 2.92. The van der Waals surface area contributed by atoms with Crippen LogP contribution in [0, 0.1) is 17.1 Å². The Hall–Kier alpha value is -2.41. The van der Waals surface area contributed by atoms with Crippen molar-refractivity contribution in [2.24, 2.45) is 0 Å². The van der Waals surface area contributed by atoms with E-state index in [2.05, 4.69) is 4.98 Å². The molecular weight excluding hydrogens is 207 g/mol. The summed E-state index contributed by atoms with van der Waals surface area (Å²) in [7, 11) is 0. The quantitative estimate of drug-likeness (QED) is 0.772. The van der Waals surface area contributed by atoms with Crippen molar-refractivity contribution in [1.82, 2.24) is 4.98 Å². The lowest BCUT2D eigenvalue weighted by atomic mass is 10.2. The van der Waals surface area contributed by atoms with Gasteiger partial charge in [0.15, 0.2) is 5.75 Å². The highest BCUT2D eigenvalue weighted by Gasteiger charge is 2.04. The molecule has 78 valence electrons. The number of hydrogen-bond acceptors (Lipinski definition) is 3. The number of halogens is 1. The lowest BCUT2D eigenvalue weighted by Gasteiger charge is -2.05. The van der Waals surface area contributed by atoms with Gasteiger partial charge < -0.3 is 4.74 Å². The first kappa shape index (κ1) is 10.1. The molecule has 1 aromatic carbocycles. The Bertz CT molecular complexity index is 549. The van der Waals surface area contributed by atoms with Crippen LogP contribution in [0.2, 0.25) is 0 Å². The minimum absolute atomic E-state index is 0.315. The smallest absolute Gasteiger partial charge is 0.163 e. The van der Waals surface area contributed by atoms with E-state index >= 15 is 0 Å². The molecular formula is C12H7FN2O. The molecule has 4 heteroatoms. The van der Waals surface area contributed by atoms with E-state index in [1.807, 2.05) is 6.07 Å². The zero-order valence-corrected chi connectivity index (χ0v) is 8.22. The molecule has 0 spiro atoms. The summed E-state index contributed by atoms with van der Waals surface area (Å²) in [5.74, 6) is 0.264. The molecule has 0 aliphatic heterocycles. The summed E-state index contributed by atoms with van der Waals surface area (Å²) in [6.45, 7) is 0. The summed E-state index contributed by atoms with van der Waals surface area (Å²) >= 11 is 0. The third kappa shape index (κ3) is 2.15. The molecule has 0 radical (unpaired) electrons. The molecule has 1 aromatic heterocycles. The lowest BCUT2D eigenvalue weighted by molar-refractivity contribution is 0.473. The molecule has 0 saturated carbocycles. The van der Waals surface area contributed by atoms with Gasteiger partial charge in [-0.15, -0.1) is 0 Å². The molecule has 3 nitrogen and oxygen atoms in total. The molecule has 2 rings (SSSR count). The zero-order chi connectivity index (χ0) is 11.4. The van der Waals surface area contributed by atoms with Gasteiger partial charge in [0, 0.05) is 12.3 Å². The first-order valence-corrected chi connectivity index (χ1v) is 4.57. The van der Waals surface area contributed by atoms with Gasteiger partial charge in [-0.2, -0.15) is 5.26 Å². The van der Waals surface area contributed by atoms with E-state index < -0.39 is 0 Å². The lowest BCUT2D eigenvalue weighted by Crippen LogP contribution is -1.89. The van der Waals surface area contributed by atoms with Crippen molar-refractivity contribution >= 4 is 0 Å². The average Bonchev–Trinajstić information content (AvgIpc) is 2.30. The molecule has 1 heterocycles. The SMILES string of the molecule is N#Cc1ccncc1Oc1cccc(F)c1. The second-order valence-electron chi connectivity index (χ2n) is 3.04. The number of pyridine rings is 1. The summed E-state index contributed by atoms with van der Waals surface area (Å²) in [4.78, 5) is 3.84. The van der Waals surface area contributed by atoms with Crippen LogP contribution in [0.4, 0.5) is 4.39 Å². The van der Waals surface area contributed by atoms with Gasteiger partial charge in [0.2, 0.25) is 0 Å². The van der Waals surface area contributed by atoms with Gasteiger partial charge in [-0.05, 0) is 18.2 Å². The predicted octanol–water partition coefficient (Wildman–Crippen LogP) is 2.88. The number of hydrogen-bond donors (Lipinski definition) is 0. The van der Waals surface area contributed by atoms with Crippen LogP contribution in [-0.2, 0) is 0 Å². The third-order valence-electron chi connectivity index (χ3n) is 1.93. The van der Waals surface area contributed by atoms with Gasteiger partial charge in [0.1, 0.15) is 17.6 Å². The Labute approximate surface area is 91.7 Å². The highest BCUT2D eigenvalue weighted by Crippen LogP contribution is 2.23. The monoisotopic (exact) mass is 214 g/mol.